The molecule has 0 atom stereocenters. The standard InChI is InChI=1S/C18H16ClN3O2/c1-2-15-20-14-10-6-9-13(19)17(14)18(24)22(15)21-16(23)11-12-7-4-3-5-8-12/h3-10H,2,11H2,1H3,(H,21,23). The van der Waals surface area contributed by atoms with Crippen LogP contribution in [0.1, 0.15) is 18.3 Å². The summed E-state index contributed by atoms with van der Waals surface area (Å²) >= 11 is 6.13. The van der Waals surface area contributed by atoms with Crippen LogP contribution in [-0.2, 0) is 17.6 Å². The third-order valence-electron chi connectivity index (χ3n) is 3.68. The van der Waals surface area contributed by atoms with Gasteiger partial charge in [0.2, 0.25) is 5.91 Å². The van der Waals surface area contributed by atoms with E-state index in [1.165, 1.54) is 4.68 Å². The molecule has 0 aliphatic carbocycles. The molecule has 0 fully saturated rings. The van der Waals surface area contributed by atoms with E-state index in [0.717, 1.165) is 5.56 Å². The number of rotatable bonds is 4. The average Bonchev–Trinajstić information content (AvgIpc) is 2.58. The Balaban J connectivity index is 1.99. The summed E-state index contributed by atoms with van der Waals surface area (Å²) in [7, 11) is 0. The SMILES string of the molecule is CCc1nc2cccc(Cl)c2c(=O)n1NC(=O)Cc1ccccc1. The fourth-order valence-electron chi connectivity index (χ4n) is 2.53. The van der Waals surface area contributed by atoms with Crippen LogP contribution < -0.4 is 11.0 Å². The Kier molecular flexibility index (Phi) is 4.62. The first kappa shape index (κ1) is 16.2. The Hall–Kier alpha value is -2.66. The van der Waals surface area contributed by atoms with Gasteiger partial charge in [-0.3, -0.25) is 15.0 Å². The van der Waals surface area contributed by atoms with E-state index < -0.39 is 0 Å². The van der Waals surface area contributed by atoms with Crippen molar-refractivity contribution in [3.8, 4) is 0 Å². The van der Waals surface area contributed by atoms with E-state index in [2.05, 4.69) is 10.4 Å². The predicted octanol–water partition coefficient (Wildman–Crippen LogP) is 2.93. The first-order valence-corrected chi connectivity index (χ1v) is 8.02. The lowest BCUT2D eigenvalue weighted by atomic mass is 10.1. The van der Waals surface area contributed by atoms with Crippen LogP contribution in [0.3, 0.4) is 0 Å². The summed E-state index contributed by atoms with van der Waals surface area (Å²) in [6.07, 6.45) is 0.681. The zero-order valence-corrected chi connectivity index (χ0v) is 13.9. The van der Waals surface area contributed by atoms with Crippen molar-refractivity contribution in [1.82, 2.24) is 9.66 Å². The quantitative estimate of drug-likeness (QED) is 0.793. The lowest BCUT2D eigenvalue weighted by Gasteiger charge is -2.14. The maximum Gasteiger partial charge on any atom is 0.281 e. The molecule has 0 spiro atoms. The fraction of sp³-hybridized carbons (Fsp3) is 0.167. The molecule has 6 heteroatoms. The summed E-state index contributed by atoms with van der Waals surface area (Å²) < 4.78 is 1.19. The maximum atomic E-state index is 12.7. The number of nitrogens with one attached hydrogen (secondary N) is 1. The number of carbonyl (C=O) groups excluding carboxylic acids is 1. The lowest BCUT2D eigenvalue weighted by molar-refractivity contribution is -0.116. The van der Waals surface area contributed by atoms with Crippen molar-refractivity contribution in [3.63, 3.8) is 0 Å². The number of halogens is 1. The van der Waals surface area contributed by atoms with Crippen molar-refractivity contribution in [2.75, 3.05) is 5.43 Å². The van der Waals surface area contributed by atoms with Crippen molar-refractivity contribution in [1.29, 1.82) is 0 Å². The molecule has 0 saturated carbocycles. The van der Waals surface area contributed by atoms with E-state index in [1.807, 2.05) is 37.3 Å². The van der Waals surface area contributed by atoms with Gasteiger partial charge in [-0.25, -0.2) is 9.66 Å². The highest BCUT2D eigenvalue weighted by Gasteiger charge is 2.14. The number of fused-ring (bicyclic) bond motifs is 1. The molecule has 2 aromatic carbocycles. The van der Waals surface area contributed by atoms with Gasteiger partial charge in [-0.15, -0.1) is 0 Å². The van der Waals surface area contributed by atoms with Crippen LogP contribution in [-0.4, -0.2) is 15.6 Å². The summed E-state index contributed by atoms with van der Waals surface area (Å²) in [5.41, 5.74) is 3.66. The van der Waals surface area contributed by atoms with Crippen molar-refractivity contribution in [2.45, 2.75) is 19.8 Å². The Morgan fingerprint density at radius 3 is 2.62 bits per heavy atom. The normalized spacial score (nSPS) is 10.8. The number of nitrogens with zero attached hydrogens (tertiary/aromatic N) is 2. The van der Waals surface area contributed by atoms with Gasteiger partial charge < -0.3 is 0 Å². The van der Waals surface area contributed by atoms with Crippen LogP contribution >= 0.6 is 11.6 Å². The highest BCUT2D eigenvalue weighted by molar-refractivity contribution is 6.35. The number of aromatic nitrogens is 2. The van der Waals surface area contributed by atoms with Gasteiger partial charge in [-0.1, -0.05) is 54.9 Å². The Labute approximate surface area is 143 Å². The van der Waals surface area contributed by atoms with Crippen LogP contribution in [0.2, 0.25) is 5.02 Å². The molecule has 122 valence electrons. The highest BCUT2D eigenvalue weighted by Crippen LogP contribution is 2.18. The first-order chi connectivity index (χ1) is 11.6. The van der Waals surface area contributed by atoms with Crippen molar-refractivity contribution in [3.05, 3.63) is 75.3 Å². The van der Waals surface area contributed by atoms with Crippen molar-refractivity contribution < 1.29 is 4.79 Å². The zero-order valence-electron chi connectivity index (χ0n) is 13.1. The first-order valence-electron chi connectivity index (χ1n) is 7.64. The molecule has 0 aliphatic rings. The van der Waals surface area contributed by atoms with Gasteiger partial charge in [0.05, 0.1) is 22.3 Å². The minimum absolute atomic E-state index is 0.178. The van der Waals surface area contributed by atoms with E-state index in [1.54, 1.807) is 18.2 Å². The molecule has 3 rings (SSSR count). The van der Waals surface area contributed by atoms with E-state index in [-0.39, 0.29) is 17.9 Å². The second kappa shape index (κ2) is 6.84. The average molecular weight is 342 g/mol. The summed E-state index contributed by atoms with van der Waals surface area (Å²) in [5.74, 6) is 0.197. The molecule has 3 aromatic rings. The molecular weight excluding hydrogens is 326 g/mol. The van der Waals surface area contributed by atoms with Crippen LogP contribution in [0, 0.1) is 0 Å². The molecule has 0 saturated heterocycles. The minimum Gasteiger partial charge on any atom is -0.273 e. The largest absolute Gasteiger partial charge is 0.281 e. The molecular formula is C18H16ClN3O2. The van der Waals surface area contributed by atoms with Crippen molar-refractivity contribution in [2.24, 2.45) is 0 Å². The molecule has 5 nitrogen and oxygen atoms in total. The van der Waals surface area contributed by atoms with Gasteiger partial charge in [-0.2, -0.15) is 0 Å². The van der Waals surface area contributed by atoms with Crippen LogP contribution in [0.25, 0.3) is 10.9 Å². The van der Waals surface area contributed by atoms with E-state index in [0.29, 0.717) is 28.2 Å². The summed E-state index contributed by atoms with van der Waals surface area (Å²) in [5, 5.41) is 0.620. The summed E-state index contributed by atoms with van der Waals surface area (Å²) in [6, 6.07) is 14.4. The Bertz CT molecular complexity index is 952. The smallest absolute Gasteiger partial charge is 0.273 e. The van der Waals surface area contributed by atoms with Gasteiger partial charge in [0.25, 0.3) is 5.56 Å². The van der Waals surface area contributed by atoms with Gasteiger partial charge in [0.1, 0.15) is 5.82 Å². The monoisotopic (exact) mass is 341 g/mol. The molecule has 1 N–H and O–H groups in total. The molecule has 0 unspecified atom stereocenters. The maximum absolute atomic E-state index is 12.7. The molecule has 24 heavy (non-hydrogen) atoms. The molecule has 0 bridgehead atoms. The minimum atomic E-state index is -0.371. The third-order valence-corrected chi connectivity index (χ3v) is 3.99. The van der Waals surface area contributed by atoms with E-state index in [9.17, 15) is 9.59 Å². The molecule has 1 amide bonds. The summed E-state index contributed by atoms with van der Waals surface area (Å²) in [6.45, 7) is 1.87. The lowest BCUT2D eigenvalue weighted by Crippen LogP contribution is -2.37. The predicted molar refractivity (Wildman–Crippen MR) is 94.9 cm³/mol. The molecule has 0 aliphatic heterocycles. The van der Waals surface area contributed by atoms with Crippen LogP contribution in [0.5, 0.6) is 0 Å². The molecule has 1 aromatic heterocycles. The number of aryl methyl sites for hydroxylation is 1. The van der Waals surface area contributed by atoms with Crippen molar-refractivity contribution >= 4 is 28.4 Å². The van der Waals surface area contributed by atoms with E-state index in [4.69, 9.17) is 11.6 Å². The fourth-order valence-corrected chi connectivity index (χ4v) is 2.78. The summed E-state index contributed by atoms with van der Waals surface area (Å²) in [4.78, 5) is 29.5. The number of benzene rings is 2. The molecule has 0 radical (unpaired) electrons. The number of hydrogen-bond donors (Lipinski definition) is 1. The number of hydrogen-bond acceptors (Lipinski definition) is 3. The topological polar surface area (TPSA) is 64.0 Å². The van der Waals surface area contributed by atoms with Gasteiger partial charge >= 0.3 is 0 Å². The third kappa shape index (κ3) is 3.16. The van der Waals surface area contributed by atoms with Crippen LogP contribution in [0.15, 0.2) is 53.3 Å². The zero-order chi connectivity index (χ0) is 17.1. The number of carbonyl (C=O) groups is 1. The Morgan fingerprint density at radius 1 is 1.17 bits per heavy atom. The Morgan fingerprint density at radius 2 is 1.92 bits per heavy atom. The second-order valence-corrected chi connectivity index (χ2v) is 5.76. The highest BCUT2D eigenvalue weighted by atomic mass is 35.5. The van der Waals surface area contributed by atoms with Gasteiger partial charge in [0.15, 0.2) is 0 Å². The number of amides is 1. The van der Waals surface area contributed by atoms with E-state index >= 15 is 0 Å². The molecule has 1 heterocycles. The van der Waals surface area contributed by atoms with Gasteiger partial charge in [-0.05, 0) is 17.7 Å². The second-order valence-electron chi connectivity index (χ2n) is 5.35. The van der Waals surface area contributed by atoms with Gasteiger partial charge in [0, 0.05) is 6.42 Å². The van der Waals surface area contributed by atoms with Crippen LogP contribution in [0.4, 0.5) is 0 Å².